The molecule has 0 saturated carbocycles. The summed E-state index contributed by atoms with van der Waals surface area (Å²) in [7, 11) is 3.99. The molecule has 0 aliphatic carbocycles. The van der Waals surface area contributed by atoms with Gasteiger partial charge in [-0.05, 0) is 36.4 Å². The molecule has 0 atom stereocenters. The first kappa shape index (κ1) is 14.4. The Balaban J connectivity index is 1.90. The van der Waals surface area contributed by atoms with E-state index in [1.807, 2.05) is 43.3 Å². The van der Waals surface area contributed by atoms with E-state index >= 15 is 0 Å². The summed E-state index contributed by atoms with van der Waals surface area (Å²) in [6.07, 6.45) is 0. The number of halogens is 1. The van der Waals surface area contributed by atoms with Gasteiger partial charge in [0.2, 0.25) is 5.89 Å². The summed E-state index contributed by atoms with van der Waals surface area (Å²) in [6.45, 7) is -0.470. The van der Waals surface area contributed by atoms with Gasteiger partial charge in [-0.3, -0.25) is 0 Å². The lowest BCUT2D eigenvalue weighted by Gasteiger charge is -2.11. The molecule has 0 bridgehead atoms. The second-order valence-electron chi connectivity index (χ2n) is 5.13. The summed E-state index contributed by atoms with van der Waals surface area (Å²) < 4.78 is 23.2. The van der Waals surface area contributed by atoms with Crippen LogP contribution >= 0.6 is 0 Å². The van der Waals surface area contributed by atoms with Crippen molar-refractivity contribution in [1.82, 2.24) is 4.98 Å². The smallest absolute Gasteiger partial charge is 0.227 e. The van der Waals surface area contributed by atoms with Crippen molar-refractivity contribution in [3.63, 3.8) is 0 Å². The van der Waals surface area contributed by atoms with E-state index in [0.29, 0.717) is 22.7 Å². The summed E-state index contributed by atoms with van der Waals surface area (Å²) in [6, 6.07) is 13.3. The molecule has 0 unspecified atom stereocenters. The quantitative estimate of drug-likeness (QED) is 0.716. The Labute approximate surface area is 128 Å². The van der Waals surface area contributed by atoms with Crippen LogP contribution in [0, 0.1) is 0 Å². The minimum absolute atomic E-state index is 0.0439. The van der Waals surface area contributed by atoms with Gasteiger partial charge in [0, 0.05) is 31.4 Å². The molecule has 0 amide bonds. The number of anilines is 1. The second kappa shape index (κ2) is 6.05. The first-order valence-electron chi connectivity index (χ1n) is 7.04. The lowest BCUT2D eigenvalue weighted by molar-refractivity contribution is 0.273. The third kappa shape index (κ3) is 2.88. The van der Waals surface area contributed by atoms with Gasteiger partial charge in [-0.1, -0.05) is 0 Å². The van der Waals surface area contributed by atoms with E-state index in [0.717, 1.165) is 11.3 Å². The van der Waals surface area contributed by atoms with Gasteiger partial charge in [0.15, 0.2) is 5.58 Å². The van der Waals surface area contributed by atoms with E-state index in [1.165, 1.54) is 0 Å². The molecule has 4 nitrogen and oxygen atoms in total. The average molecular weight is 300 g/mol. The van der Waals surface area contributed by atoms with Gasteiger partial charge in [0.05, 0.1) is 0 Å². The monoisotopic (exact) mass is 300 g/mol. The summed E-state index contributed by atoms with van der Waals surface area (Å²) in [4.78, 5) is 6.50. The lowest BCUT2D eigenvalue weighted by Crippen LogP contribution is -2.07. The molecule has 3 aromatic rings. The molecule has 0 radical (unpaired) electrons. The zero-order valence-corrected chi connectivity index (χ0v) is 12.5. The first-order valence-corrected chi connectivity index (χ1v) is 7.04. The summed E-state index contributed by atoms with van der Waals surface area (Å²) >= 11 is 0. The molecule has 1 heterocycles. The minimum Gasteiger partial charge on any atom is -0.491 e. The lowest BCUT2D eigenvalue weighted by atomic mass is 10.2. The van der Waals surface area contributed by atoms with E-state index in [2.05, 4.69) is 4.98 Å². The minimum atomic E-state index is -0.514. The van der Waals surface area contributed by atoms with Gasteiger partial charge < -0.3 is 14.1 Å². The van der Waals surface area contributed by atoms with Crippen LogP contribution in [0.5, 0.6) is 5.75 Å². The van der Waals surface area contributed by atoms with Gasteiger partial charge in [-0.2, -0.15) is 0 Å². The van der Waals surface area contributed by atoms with Crippen molar-refractivity contribution < 1.29 is 13.5 Å². The largest absolute Gasteiger partial charge is 0.491 e. The Kier molecular flexibility index (Phi) is 3.96. The predicted molar refractivity (Wildman–Crippen MR) is 85.2 cm³/mol. The number of hydrogen-bond acceptors (Lipinski definition) is 4. The number of aromatic nitrogens is 1. The van der Waals surface area contributed by atoms with E-state index in [1.54, 1.807) is 18.2 Å². The van der Waals surface area contributed by atoms with Crippen LogP contribution in [-0.2, 0) is 0 Å². The van der Waals surface area contributed by atoms with Gasteiger partial charge in [0.1, 0.15) is 24.5 Å². The maximum absolute atomic E-state index is 12.1. The summed E-state index contributed by atoms with van der Waals surface area (Å²) in [5.74, 6) is 1.15. The molecule has 0 N–H and O–H groups in total. The number of fused-ring (bicyclic) bond motifs is 1. The molecule has 3 rings (SSSR count). The maximum Gasteiger partial charge on any atom is 0.227 e. The topological polar surface area (TPSA) is 38.5 Å². The highest BCUT2D eigenvalue weighted by atomic mass is 19.1. The molecular weight excluding hydrogens is 283 g/mol. The summed E-state index contributed by atoms with van der Waals surface area (Å²) in [5, 5.41) is 0. The van der Waals surface area contributed by atoms with Gasteiger partial charge in [-0.15, -0.1) is 0 Å². The Bertz CT molecular complexity index is 766. The van der Waals surface area contributed by atoms with Crippen molar-refractivity contribution in [3.05, 3.63) is 42.5 Å². The van der Waals surface area contributed by atoms with Crippen molar-refractivity contribution in [2.75, 3.05) is 32.3 Å². The molecular formula is C17H17FN2O2. The van der Waals surface area contributed by atoms with Crippen LogP contribution in [0.1, 0.15) is 0 Å². The van der Waals surface area contributed by atoms with E-state index < -0.39 is 6.67 Å². The van der Waals surface area contributed by atoms with Crippen molar-refractivity contribution in [2.24, 2.45) is 0 Å². The Morgan fingerprint density at radius 2 is 1.91 bits per heavy atom. The molecule has 114 valence electrons. The van der Waals surface area contributed by atoms with Crippen LogP contribution < -0.4 is 9.64 Å². The number of oxazole rings is 1. The van der Waals surface area contributed by atoms with Crippen LogP contribution in [0.15, 0.2) is 46.9 Å². The van der Waals surface area contributed by atoms with Gasteiger partial charge in [-0.25, -0.2) is 9.37 Å². The van der Waals surface area contributed by atoms with Crippen molar-refractivity contribution in [3.8, 4) is 17.2 Å². The van der Waals surface area contributed by atoms with Crippen LogP contribution in [0.2, 0.25) is 0 Å². The normalized spacial score (nSPS) is 10.9. The van der Waals surface area contributed by atoms with E-state index in [9.17, 15) is 4.39 Å². The first-order chi connectivity index (χ1) is 10.7. The highest BCUT2D eigenvalue weighted by Gasteiger charge is 2.09. The SMILES string of the molecule is CN(C)c1ccc(-c2nc3cc(OCCF)ccc3o2)cc1. The van der Waals surface area contributed by atoms with Crippen molar-refractivity contribution >= 4 is 16.8 Å². The molecule has 5 heteroatoms. The fourth-order valence-corrected chi connectivity index (χ4v) is 2.18. The molecule has 0 saturated heterocycles. The van der Waals surface area contributed by atoms with Crippen LogP contribution in [0.3, 0.4) is 0 Å². The fraction of sp³-hybridized carbons (Fsp3) is 0.235. The molecule has 22 heavy (non-hydrogen) atoms. The fourth-order valence-electron chi connectivity index (χ4n) is 2.18. The zero-order valence-electron chi connectivity index (χ0n) is 12.5. The highest BCUT2D eigenvalue weighted by molar-refractivity contribution is 5.78. The molecule has 0 fully saturated rings. The van der Waals surface area contributed by atoms with Crippen LogP contribution in [0.4, 0.5) is 10.1 Å². The number of rotatable bonds is 5. The number of nitrogens with zero attached hydrogens (tertiary/aromatic N) is 2. The summed E-state index contributed by atoms with van der Waals surface area (Å²) in [5.41, 5.74) is 3.40. The number of alkyl halides is 1. The Morgan fingerprint density at radius 3 is 2.59 bits per heavy atom. The predicted octanol–water partition coefficient (Wildman–Crippen LogP) is 3.91. The molecule has 0 aliphatic heterocycles. The Hall–Kier alpha value is -2.56. The second-order valence-corrected chi connectivity index (χ2v) is 5.13. The Morgan fingerprint density at radius 1 is 1.14 bits per heavy atom. The third-order valence-electron chi connectivity index (χ3n) is 3.34. The highest BCUT2D eigenvalue weighted by Crippen LogP contribution is 2.28. The average Bonchev–Trinajstić information content (AvgIpc) is 2.96. The van der Waals surface area contributed by atoms with E-state index in [-0.39, 0.29) is 6.61 Å². The zero-order chi connectivity index (χ0) is 15.5. The van der Waals surface area contributed by atoms with Crippen LogP contribution in [-0.4, -0.2) is 32.4 Å². The van der Waals surface area contributed by atoms with Gasteiger partial charge >= 0.3 is 0 Å². The molecule has 0 aliphatic rings. The van der Waals surface area contributed by atoms with Gasteiger partial charge in [0.25, 0.3) is 0 Å². The molecule has 2 aromatic carbocycles. The number of benzene rings is 2. The molecule has 0 spiro atoms. The number of ether oxygens (including phenoxy) is 1. The van der Waals surface area contributed by atoms with E-state index in [4.69, 9.17) is 9.15 Å². The van der Waals surface area contributed by atoms with Crippen molar-refractivity contribution in [1.29, 1.82) is 0 Å². The van der Waals surface area contributed by atoms with Crippen molar-refractivity contribution in [2.45, 2.75) is 0 Å². The maximum atomic E-state index is 12.1. The van der Waals surface area contributed by atoms with Crippen LogP contribution in [0.25, 0.3) is 22.6 Å². The standard InChI is InChI=1S/C17H17FN2O2/c1-20(2)13-5-3-12(4-6-13)17-19-15-11-14(21-10-9-18)7-8-16(15)22-17/h3-8,11H,9-10H2,1-2H3. The molecule has 1 aromatic heterocycles. The third-order valence-corrected chi connectivity index (χ3v) is 3.34. The number of hydrogen-bond donors (Lipinski definition) is 0.